The van der Waals surface area contributed by atoms with Crippen LogP contribution < -0.4 is 4.74 Å². The van der Waals surface area contributed by atoms with Crippen molar-refractivity contribution in [3.8, 4) is 5.75 Å². The Morgan fingerprint density at radius 2 is 1.87 bits per heavy atom. The Labute approximate surface area is 187 Å². The van der Waals surface area contributed by atoms with Crippen molar-refractivity contribution in [3.05, 3.63) is 29.8 Å². The van der Waals surface area contributed by atoms with Gasteiger partial charge in [0.15, 0.2) is 0 Å². The minimum absolute atomic E-state index is 0.0268. The summed E-state index contributed by atoms with van der Waals surface area (Å²) in [6, 6.07) is 8.67. The van der Waals surface area contributed by atoms with Gasteiger partial charge in [0.25, 0.3) is 0 Å². The van der Waals surface area contributed by atoms with E-state index in [0.29, 0.717) is 25.8 Å². The van der Waals surface area contributed by atoms with Crippen LogP contribution in [0.25, 0.3) is 0 Å². The molecule has 1 aromatic carbocycles. The second kappa shape index (κ2) is 12.4. The molecule has 0 radical (unpaired) electrons. The maximum absolute atomic E-state index is 12.0. The van der Waals surface area contributed by atoms with Gasteiger partial charge in [0, 0.05) is 24.7 Å². The van der Waals surface area contributed by atoms with E-state index in [0.717, 1.165) is 43.8 Å². The Kier molecular flexibility index (Phi) is 9.62. The quantitative estimate of drug-likeness (QED) is 0.571. The minimum atomic E-state index is -0.500. The zero-order chi connectivity index (χ0) is 22.1. The van der Waals surface area contributed by atoms with Gasteiger partial charge in [0.2, 0.25) is 0 Å². The van der Waals surface area contributed by atoms with E-state index in [9.17, 15) is 9.90 Å². The first-order valence-electron chi connectivity index (χ1n) is 12.0. The van der Waals surface area contributed by atoms with E-state index in [1.807, 2.05) is 25.1 Å². The number of hydrogen-bond donors (Lipinski definition) is 1. The van der Waals surface area contributed by atoms with Gasteiger partial charge in [-0.15, -0.1) is 0 Å². The average Bonchev–Trinajstić information content (AvgIpc) is 2.79. The first kappa shape index (κ1) is 24.0. The molecule has 1 aliphatic carbocycles. The number of aliphatic hydroxyl groups is 1. The molecule has 0 bridgehead atoms. The number of carbonyl (C=O) groups is 1. The van der Waals surface area contributed by atoms with Crippen molar-refractivity contribution in [1.29, 1.82) is 0 Å². The maximum atomic E-state index is 12.0. The molecular formula is C25H40N2O4. The lowest BCUT2D eigenvalue weighted by atomic mass is 9.94. The molecule has 1 N–H and O–H groups in total. The van der Waals surface area contributed by atoms with Gasteiger partial charge in [-0.05, 0) is 58.8 Å². The summed E-state index contributed by atoms with van der Waals surface area (Å²) in [5, 5.41) is 10.5. The number of likely N-dealkylation sites (tertiary alicyclic amines) is 1. The van der Waals surface area contributed by atoms with Crippen molar-refractivity contribution in [2.24, 2.45) is 5.92 Å². The molecule has 1 aromatic rings. The fourth-order valence-corrected chi connectivity index (χ4v) is 4.85. The third-order valence-corrected chi connectivity index (χ3v) is 6.70. The summed E-state index contributed by atoms with van der Waals surface area (Å²) in [6.07, 6.45) is 7.59. The lowest BCUT2D eigenvalue weighted by molar-refractivity contribution is -0.149. The van der Waals surface area contributed by atoms with Crippen LogP contribution in [-0.4, -0.2) is 72.9 Å². The van der Waals surface area contributed by atoms with Crippen LogP contribution in [0.15, 0.2) is 24.3 Å². The average molecular weight is 433 g/mol. The zero-order valence-corrected chi connectivity index (χ0v) is 19.3. The highest BCUT2D eigenvalue weighted by Crippen LogP contribution is 2.25. The summed E-state index contributed by atoms with van der Waals surface area (Å²) in [7, 11) is 2.12. The summed E-state index contributed by atoms with van der Waals surface area (Å²) < 4.78 is 11.2. The molecule has 174 valence electrons. The van der Waals surface area contributed by atoms with E-state index in [-0.39, 0.29) is 11.9 Å². The van der Waals surface area contributed by atoms with Gasteiger partial charge in [0.05, 0.1) is 12.5 Å². The Morgan fingerprint density at radius 1 is 1.16 bits per heavy atom. The van der Waals surface area contributed by atoms with Gasteiger partial charge >= 0.3 is 5.97 Å². The molecule has 1 saturated carbocycles. The predicted molar refractivity (Wildman–Crippen MR) is 122 cm³/mol. The van der Waals surface area contributed by atoms with E-state index < -0.39 is 6.10 Å². The highest BCUT2D eigenvalue weighted by molar-refractivity contribution is 5.72. The number of hydrogen-bond acceptors (Lipinski definition) is 6. The van der Waals surface area contributed by atoms with Gasteiger partial charge < -0.3 is 19.5 Å². The number of likely N-dealkylation sites (N-methyl/N-ethyl adjacent to an activating group) is 1. The van der Waals surface area contributed by atoms with Gasteiger partial charge in [0.1, 0.15) is 18.5 Å². The van der Waals surface area contributed by atoms with Crippen LogP contribution in [0.2, 0.25) is 0 Å². The highest BCUT2D eigenvalue weighted by Gasteiger charge is 2.26. The number of esters is 1. The van der Waals surface area contributed by atoms with Crippen LogP contribution in [0.3, 0.4) is 0 Å². The maximum Gasteiger partial charge on any atom is 0.309 e. The molecule has 0 amide bonds. The number of aliphatic hydroxyl groups excluding tert-OH is 1. The molecule has 1 saturated heterocycles. The fourth-order valence-electron chi connectivity index (χ4n) is 4.85. The molecule has 6 nitrogen and oxygen atoms in total. The zero-order valence-electron chi connectivity index (χ0n) is 19.3. The van der Waals surface area contributed by atoms with Crippen LogP contribution in [0.1, 0.15) is 57.4 Å². The van der Waals surface area contributed by atoms with Gasteiger partial charge in [-0.1, -0.05) is 37.5 Å². The Hall–Kier alpha value is -1.63. The van der Waals surface area contributed by atoms with Crippen LogP contribution in [-0.2, 0) is 16.1 Å². The van der Waals surface area contributed by atoms with Gasteiger partial charge in [-0.2, -0.15) is 0 Å². The number of carbonyl (C=O) groups excluding carboxylic acids is 1. The molecule has 31 heavy (non-hydrogen) atoms. The molecule has 1 atom stereocenters. The largest absolute Gasteiger partial charge is 0.491 e. The first-order valence-corrected chi connectivity index (χ1v) is 12.0. The van der Waals surface area contributed by atoms with Crippen molar-refractivity contribution >= 4 is 5.97 Å². The van der Waals surface area contributed by atoms with E-state index in [1.165, 1.54) is 32.1 Å². The molecule has 6 heteroatoms. The van der Waals surface area contributed by atoms with Crippen molar-refractivity contribution < 1.29 is 19.4 Å². The molecule has 2 fully saturated rings. The molecule has 1 heterocycles. The van der Waals surface area contributed by atoms with E-state index >= 15 is 0 Å². The van der Waals surface area contributed by atoms with Crippen molar-refractivity contribution in [2.45, 2.75) is 70.6 Å². The Bertz CT molecular complexity index is 669. The molecule has 2 aliphatic rings. The molecule has 0 spiro atoms. The van der Waals surface area contributed by atoms with E-state index in [2.05, 4.69) is 22.9 Å². The minimum Gasteiger partial charge on any atom is -0.491 e. The lowest BCUT2D eigenvalue weighted by Gasteiger charge is -2.32. The third-order valence-electron chi connectivity index (χ3n) is 6.70. The highest BCUT2D eigenvalue weighted by atomic mass is 16.5. The van der Waals surface area contributed by atoms with Crippen molar-refractivity contribution in [3.63, 3.8) is 0 Å². The SMILES string of the molecule is CCOC(=O)C1CCN(Cc2ccccc2OCC(O)CN(C)C2CCCCC2)CC1. The molecule has 1 aliphatic heterocycles. The molecule has 1 unspecified atom stereocenters. The van der Waals surface area contributed by atoms with E-state index in [1.54, 1.807) is 0 Å². The van der Waals surface area contributed by atoms with Gasteiger partial charge in [-0.25, -0.2) is 0 Å². The summed E-state index contributed by atoms with van der Waals surface area (Å²) in [5.74, 6) is 0.812. The van der Waals surface area contributed by atoms with Crippen LogP contribution in [0.4, 0.5) is 0 Å². The number of ether oxygens (including phenoxy) is 2. The van der Waals surface area contributed by atoms with E-state index in [4.69, 9.17) is 9.47 Å². The standard InChI is InChI=1S/C25H40N2O4/c1-3-30-25(29)20-13-15-27(16-14-20)17-21-9-7-8-12-24(21)31-19-23(28)18-26(2)22-10-5-4-6-11-22/h7-9,12,20,22-23,28H,3-6,10-11,13-19H2,1-2H3. The molecular weight excluding hydrogens is 392 g/mol. The van der Waals surface area contributed by atoms with Gasteiger partial charge in [-0.3, -0.25) is 9.69 Å². The Balaban J connectivity index is 1.45. The predicted octanol–water partition coefficient (Wildman–Crippen LogP) is 3.47. The topological polar surface area (TPSA) is 62.2 Å². The van der Waals surface area contributed by atoms with Crippen LogP contribution in [0, 0.1) is 5.92 Å². The van der Waals surface area contributed by atoms with Crippen molar-refractivity contribution in [2.75, 3.05) is 39.9 Å². The molecule has 3 rings (SSSR count). The smallest absolute Gasteiger partial charge is 0.309 e. The summed E-state index contributed by atoms with van der Waals surface area (Å²) >= 11 is 0. The number of piperidine rings is 1. The number of para-hydroxylation sites is 1. The number of nitrogens with zero attached hydrogens (tertiary/aromatic N) is 2. The number of rotatable bonds is 10. The summed E-state index contributed by atoms with van der Waals surface area (Å²) in [5.41, 5.74) is 1.13. The van der Waals surface area contributed by atoms with Crippen LogP contribution in [0.5, 0.6) is 5.75 Å². The normalized spacial score (nSPS) is 20.0. The fraction of sp³-hybridized carbons (Fsp3) is 0.720. The lowest BCUT2D eigenvalue weighted by Crippen LogP contribution is -2.40. The number of benzene rings is 1. The monoisotopic (exact) mass is 432 g/mol. The second-order valence-electron chi connectivity index (χ2n) is 9.11. The first-order chi connectivity index (χ1) is 15.1. The van der Waals surface area contributed by atoms with Crippen LogP contribution >= 0.6 is 0 Å². The summed E-state index contributed by atoms with van der Waals surface area (Å²) in [6.45, 7) is 5.82. The second-order valence-corrected chi connectivity index (χ2v) is 9.11. The Morgan fingerprint density at radius 3 is 2.58 bits per heavy atom. The molecule has 0 aromatic heterocycles. The summed E-state index contributed by atoms with van der Waals surface area (Å²) in [4.78, 5) is 16.6. The third kappa shape index (κ3) is 7.48. The van der Waals surface area contributed by atoms with Crippen molar-refractivity contribution in [1.82, 2.24) is 9.80 Å².